The highest BCUT2D eigenvalue weighted by Crippen LogP contribution is 2.27. The van der Waals surface area contributed by atoms with Crippen molar-refractivity contribution in [3.63, 3.8) is 0 Å². The molecule has 0 saturated heterocycles. The fourth-order valence-electron chi connectivity index (χ4n) is 1.34. The molecule has 102 valence electrons. The first kappa shape index (κ1) is 14.7. The minimum atomic E-state index is -0.723. The largest absolute Gasteiger partial charge is 0.352 e. The average molecular weight is 287 g/mol. The van der Waals surface area contributed by atoms with E-state index in [9.17, 15) is 19.7 Å². The van der Waals surface area contributed by atoms with Crippen LogP contribution in [0.25, 0.3) is 0 Å². The van der Waals surface area contributed by atoms with E-state index in [-0.39, 0.29) is 23.7 Å². The normalized spacial score (nSPS) is 9.74. The molecule has 0 fully saturated rings. The van der Waals surface area contributed by atoms with Gasteiger partial charge in [-0.15, -0.1) is 0 Å². The molecule has 0 radical (unpaired) electrons. The van der Waals surface area contributed by atoms with Gasteiger partial charge < -0.3 is 16.4 Å². The van der Waals surface area contributed by atoms with E-state index in [4.69, 9.17) is 17.3 Å². The maximum atomic E-state index is 11.7. The molecule has 0 aliphatic rings. The zero-order valence-corrected chi connectivity index (χ0v) is 10.4. The summed E-state index contributed by atoms with van der Waals surface area (Å²) in [6, 6.07) is 3.33. The Morgan fingerprint density at radius 1 is 1.32 bits per heavy atom. The van der Waals surface area contributed by atoms with Gasteiger partial charge in [-0.2, -0.15) is 0 Å². The third-order valence-electron chi connectivity index (χ3n) is 2.12. The quantitative estimate of drug-likeness (QED) is 0.417. The first-order chi connectivity index (χ1) is 8.93. The number of primary amides is 1. The second-order valence-electron chi connectivity index (χ2n) is 3.44. The number of carbonyl (C=O) groups excluding carboxylic acids is 2. The summed E-state index contributed by atoms with van der Waals surface area (Å²) in [5.74, 6) is -0.652. The maximum absolute atomic E-state index is 11.7. The van der Waals surface area contributed by atoms with Gasteiger partial charge >= 0.3 is 11.7 Å². The summed E-state index contributed by atoms with van der Waals surface area (Å²) < 4.78 is 0. The van der Waals surface area contributed by atoms with E-state index in [1.54, 1.807) is 0 Å². The molecule has 0 spiro atoms. The van der Waals surface area contributed by atoms with Crippen molar-refractivity contribution in [1.82, 2.24) is 10.6 Å². The van der Waals surface area contributed by atoms with Crippen LogP contribution in [0.15, 0.2) is 18.2 Å². The first-order valence-corrected chi connectivity index (χ1v) is 5.55. The molecule has 0 atom stereocenters. The van der Waals surface area contributed by atoms with Gasteiger partial charge in [0.25, 0.3) is 5.91 Å². The molecule has 0 heterocycles. The second-order valence-corrected chi connectivity index (χ2v) is 3.85. The fraction of sp³-hybridized carbons (Fsp3) is 0.200. The number of nitro benzene ring substituents is 1. The number of halogens is 1. The molecule has 0 saturated carbocycles. The number of nitrogens with one attached hydrogen (secondary N) is 2. The molecule has 1 aromatic rings. The number of hydrogen-bond acceptors (Lipinski definition) is 4. The summed E-state index contributed by atoms with van der Waals surface area (Å²) in [7, 11) is 0. The Labute approximate surface area is 113 Å². The van der Waals surface area contributed by atoms with Gasteiger partial charge in [-0.25, -0.2) is 4.79 Å². The number of urea groups is 1. The van der Waals surface area contributed by atoms with Crippen molar-refractivity contribution in [2.24, 2.45) is 5.73 Å². The van der Waals surface area contributed by atoms with Gasteiger partial charge in [-0.3, -0.25) is 14.9 Å². The lowest BCUT2D eigenvalue weighted by Gasteiger charge is -2.06. The molecule has 3 amide bonds. The maximum Gasteiger partial charge on any atom is 0.312 e. The van der Waals surface area contributed by atoms with Crippen molar-refractivity contribution in [1.29, 1.82) is 0 Å². The molecule has 1 rings (SSSR count). The second kappa shape index (κ2) is 6.55. The third-order valence-corrected chi connectivity index (χ3v) is 2.43. The highest BCUT2D eigenvalue weighted by atomic mass is 35.5. The third kappa shape index (κ3) is 4.11. The molecular formula is C10H11ClN4O4. The van der Waals surface area contributed by atoms with E-state index in [2.05, 4.69) is 10.6 Å². The molecule has 0 bridgehead atoms. The Balaban J connectivity index is 2.74. The average Bonchev–Trinajstić information content (AvgIpc) is 2.33. The Hall–Kier alpha value is -2.35. The predicted octanol–water partition coefficient (Wildman–Crippen LogP) is 0.646. The number of hydrogen-bond donors (Lipinski definition) is 3. The van der Waals surface area contributed by atoms with Crippen molar-refractivity contribution >= 4 is 29.2 Å². The fourth-order valence-corrected chi connectivity index (χ4v) is 1.58. The Bertz CT molecular complexity index is 520. The number of para-hydroxylation sites is 1. The van der Waals surface area contributed by atoms with Gasteiger partial charge in [0.05, 0.1) is 4.92 Å². The lowest BCUT2D eigenvalue weighted by atomic mass is 10.1. The van der Waals surface area contributed by atoms with Gasteiger partial charge in [0.15, 0.2) is 0 Å². The van der Waals surface area contributed by atoms with Crippen molar-refractivity contribution in [3.05, 3.63) is 38.9 Å². The Morgan fingerprint density at radius 3 is 2.53 bits per heavy atom. The minimum Gasteiger partial charge on any atom is -0.352 e. The molecule has 0 unspecified atom stereocenters. The molecular weight excluding hydrogens is 276 g/mol. The lowest BCUT2D eigenvalue weighted by Crippen LogP contribution is -2.37. The van der Waals surface area contributed by atoms with Crippen LogP contribution in [-0.4, -0.2) is 30.0 Å². The first-order valence-electron chi connectivity index (χ1n) is 5.18. The number of nitrogens with two attached hydrogens (primary N) is 1. The number of nitro groups is 1. The van der Waals surface area contributed by atoms with E-state index in [0.29, 0.717) is 0 Å². The van der Waals surface area contributed by atoms with Crippen molar-refractivity contribution in [2.45, 2.75) is 0 Å². The van der Waals surface area contributed by atoms with Crippen LogP contribution in [0.4, 0.5) is 10.5 Å². The summed E-state index contributed by atoms with van der Waals surface area (Å²) in [6.07, 6.45) is 0. The van der Waals surface area contributed by atoms with Gasteiger partial charge in [0, 0.05) is 13.1 Å². The molecule has 4 N–H and O–H groups in total. The van der Waals surface area contributed by atoms with Gasteiger partial charge in [-0.05, 0) is 12.1 Å². The van der Waals surface area contributed by atoms with E-state index in [1.165, 1.54) is 18.2 Å². The van der Waals surface area contributed by atoms with Crippen LogP contribution in [-0.2, 0) is 0 Å². The summed E-state index contributed by atoms with van der Waals surface area (Å²) >= 11 is 5.68. The van der Waals surface area contributed by atoms with Crippen LogP contribution in [0.3, 0.4) is 0 Å². The number of carbonyl (C=O) groups is 2. The highest BCUT2D eigenvalue weighted by molar-refractivity contribution is 6.33. The molecule has 1 aromatic carbocycles. The van der Waals surface area contributed by atoms with Crippen molar-refractivity contribution in [3.8, 4) is 0 Å². The topological polar surface area (TPSA) is 127 Å². The smallest absolute Gasteiger partial charge is 0.312 e. The number of amides is 3. The van der Waals surface area contributed by atoms with Crippen molar-refractivity contribution in [2.75, 3.05) is 13.1 Å². The summed E-state index contributed by atoms with van der Waals surface area (Å²) in [6.45, 7) is 0.209. The standard InChI is InChI=1S/C10H11ClN4O4/c11-7-3-1-2-6(8(7)15(18)19)9(16)13-4-5-14-10(12)17/h1-3H,4-5H2,(H,13,16)(H3,12,14,17). The SMILES string of the molecule is NC(=O)NCCNC(=O)c1cccc(Cl)c1[N+](=O)[O-]. The Kier molecular flexibility index (Phi) is 5.07. The van der Waals surface area contributed by atoms with Crippen LogP contribution >= 0.6 is 11.6 Å². The van der Waals surface area contributed by atoms with Crippen LogP contribution in [0.1, 0.15) is 10.4 Å². The molecule has 9 heteroatoms. The zero-order chi connectivity index (χ0) is 14.4. The van der Waals surface area contributed by atoms with E-state index >= 15 is 0 Å². The zero-order valence-electron chi connectivity index (χ0n) is 9.68. The molecule has 0 aliphatic heterocycles. The van der Waals surface area contributed by atoms with Gasteiger partial charge in [-0.1, -0.05) is 17.7 Å². The van der Waals surface area contributed by atoms with Crippen LogP contribution in [0.2, 0.25) is 5.02 Å². The number of rotatable bonds is 5. The monoisotopic (exact) mass is 286 g/mol. The van der Waals surface area contributed by atoms with Crippen LogP contribution in [0.5, 0.6) is 0 Å². The van der Waals surface area contributed by atoms with Gasteiger partial charge in [0.1, 0.15) is 10.6 Å². The number of benzene rings is 1. The predicted molar refractivity (Wildman–Crippen MR) is 68.0 cm³/mol. The highest BCUT2D eigenvalue weighted by Gasteiger charge is 2.23. The lowest BCUT2D eigenvalue weighted by molar-refractivity contribution is -0.385. The molecule has 19 heavy (non-hydrogen) atoms. The van der Waals surface area contributed by atoms with E-state index in [1.807, 2.05) is 0 Å². The summed E-state index contributed by atoms with van der Waals surface area (Å²) in [4.78, 5) is 32.3. The van der Waals surface area contributed by atoms with Crippen LogP contribution < -0.4 is 16.4 Å². The molecule has 0 aromatic heterocycles. The molecule has 0 aliphatic carbocycles. The van der Waals surface area contributed by atoms with E-state index < -0.39 is 22.5 Å². The Morgan fingerprint density at radius 2 is 1.95 bits per heavy atom. The van der Waals surface area contributed by atoms with Crippen molar-refractivity contribution < 1.29 is 14.5 Å². The van der Waals surface area contributed by atoms with Gasteiger partial charge in [0.2, 0.25) is 0 Å². The summed E-state index contributed by atoms with van der Waals surface area (Å²) in [5, 5.41) is 15.4. The minimum absolute atomic E-state index is 0.0887. The van der Waals surface area contributed by atoms with Crippen LogP contribution in [0, 0.1) is 10.1 Å². The number of nitrogens with zero attached hydrogens (tertiary/aromatic N) is 1. The summed E-state index contributed by atoms with van der Waals surface area (Å²) in [5.41, 5.74) is 4.24. The van der Waals surface area contributed by atoms with E-state index in [0.717, 1.165) is 0 Å². The molecule has 8 nitrogen and oxygen atoms in total.